The van der Waals surface area contributed by atoms with E-state index in [1.807, 2.05) is 24.3 Å². The summed E-state index contributed by atoms with van der Waals surface area (Å²) in [6.45, 7) is 6.56. The summed E-state index contributed by atoms with van der Waals surface area (Å²) in [5.74, 6) is -2.88. The monoisotopic (exact) mass is 529 g/mol. The number of ether oxygens (including phenoxy) is 4. The van der Waals surface area contributed by atoms with Gasteiger partial charge in [-0.1, -0.05) is 19.1 Å². The molecule has 198 valence electrons. The molecular weight excluding hydrogens is 499 g/mol. The Hall–Kier alpha value is -2.92. The van der Waals surface area contributed by atoms with Gasteiger partial charge in [0.2, 0.25) is 0 Å². The molecule has 2 aromatic rings. The van der Waals surface area contributed by atoms with Crippen molar-refractivity contribution in [2.75, 3.05) is 20.3 Å². The first-order valence-electron chi connectivity index (χ1n) is 11.3. The number of benzene rings is 2. The minimum Gasteiger partial charge on any atom is -0.497 e. The second-order valence-corrected chi connectivity index (χ2v) is 9.03. The van der Waals surface area contributed by atoms with Crippen molar-refractivity contribution in [3.63, 3.8) is 0 Å². The number of carbonyl (C=O) groups excluding carboxylic acids is 2. The fraction of sp³-hybridized carbons (Fsp3) is 0.440. The number of alkyl halides is 3. The minimum absolute atomic E-state index is 0.0954. The van der Waals surface area contributed by atoms with E-state index in [1.54, 1.807) is 37.9 Å². The maximum Gasteiger partial charge on any atom is 0.491 e. The third-order valence-corrected chi connectivity index (χ3v) is 6.28. The number of aryl methyl sites for hydroxylation is 1. The highest BCUT2D eigenvalue weighted by Gasteiger charge is 2.44. The molecule has 36 heavy (non-hydrogen) atoms. The van der Waals surface area contributed by atoms with Crippen LogP contribution in [-0.4, -0.2) is 49.9 Å². The average Bonchev–Trinajstić information content (AvgIpc) is 2.84. The molecule has 0 saturated heterocycles. The molecule has 0 amide bonds. The molecule has 2 aromatic carbocycles. The predicted molar refractivity (Wildman–Crippen MR) is 129 cm³/mol. The van der Waals surface area contributed by atoms with Crippen LogP contribution in [-0.2, 0) is 25.6 Å². The number of esters is 2. The molecule has 11 heteroatoms. The zero-order chi connectivity index (χ0) is 26.7. The highest BCUT2D eigenvalue weighted by molar-refractivity contribution is 8.00. The zero-order valence-corrected chi connectivity index (χ0v) is 21.3. The predicted octanol–water partition coefficient (Wildman–Crippen LogP) is 5.04. The molecule has 2 unspecified atom stereocenters. The van der Waals surface area contributed by atoms with Gasteiger partial charge in [-0.25, -0.2) is 9.59 Å². The maximum absolute atomic E-state index is 12.6. The van der Waals surface area contributed by atoms with Crippen LogP contribution < -0.4 is 14.8 Å². The lowest BCUT2D eigenvalue weighted by Gasteiger charge is -2.20. The topological polar surface area (TPSA) is 83.1 Å². The van der Waals surface area contributed by atoms with Gasteiger partial charge in [0, 0.05) is 23.2 Å². The number of hydrogen-bond donors (Lipinski definition) is 1. The number of carbonyl (C=O) groups is 2. The molecule has 7 nitrogen and oxygen atoms in total. The number of hydrogen-bond acceptors (Lipinski definition) is 8. The van der Waals surface area contributed by atoms with Gasteiger partial charge in [-0.05, 0) is 61.7 Å². The largest absolute Gasteiger partial charge is 0.497 e. The van der Waals surface area contributed by atoms with Crippen molar-refractivity contribution >= 4 is 23.7 Å². The normalized spacial score (nSPS) is 13.0. The van der Waals surface area contributed by atoms with Gasteiger partial charge < -0.3 is 24.3 Å². The van der Waals surface area contributed by atoms with Crippen LogP contribution >= 0.6 is 11.8 Å². The van der Waals surface area contributed by atoms with Gasteiger partial charge in [0.1, 0.15) is 11.5 Å². The molecule has 0 aliphatic carbocycles. The Balaban J connectivity index is 1.99. The minimum atomic E-state index is -5.28. The van der Waals surface area contributed by atoms with Crippen molar-refractivity contribution in [3.05, 3.63) is 53.6 Å². The Kier molecular flexibility index (Phi) is 11.4. The van der Waals surface area contributed by atoms with Crippen molar-refractivity contribution in [3.8, 4) is 11.5 Å². The fourth-order valence-corrected chi connectivity index (χ4v) is 4.16. The van der Waals surface area contributed by atoms with Crippen LogP contribution in [0.15, 0.2) is 47.4 Å². The molecule has 0 aliphatic rings. The van der Waals surface area contributed by atoms with Crippen LogP contribution in [0.4, 0.5) is 13.2 Å². The van der Waals surface area contributed by atoms with Crippen molar-refractivity contribution < 1.29 is 41.7 Å². The summed E-state index contributed by atoms with van der Waals surface area (Å²) in [5, 5.41) is 3.70. The van der Waals surface area contributed by atoms with Crippen molar-refractivity contribution in [1.29, 1.82) is 0 Å². The van der Waals surface area contributed by atoms with Gasteiger partial charge in [-0.15, -0.1) is 11.8 Å². The van der Waals surface area contributed by atoms with Gasteiger partial charge in [-0.3, -0.25) is 0 Å². The number of thioether (sulfide) groups is 1. The highest BCUT2D eigenvalue weighted by atomic mass is 32.2. The number of methoxy groups -OCH3 is 1. The molecule has 0 bridgehead atoms. The lowest BCUT2D eigenvalue weighted by Crippen LogP contribution is -2.39. The molecule has 0 radical (unpaired) electrons. The molecule has 2 rings (SSSR count). The lowest BCUT2D eigenvalue weighted by atomic mass is 10.2. The van der Waals surface area contributed by atoms with E-state index in [4.69, 9.17) is 9.47 Å². The molecule has 0 heterocycles. The molecule has 0 aliphatic heterocycles. The van der Waals surface area contributed by atoms with Gasteiger partial charge >= 0.3 is 24.4 Å². The molecule has 0 fully saturated rings. The van der Waals surface area contributed by atoms with Gasteiger partial charge in [0.05, 0.1) is 13.7 Å². The highest BCUT2D eigenvalue weighted by Crippen LogP contribution is 2.30. The summed E-state index contributed by atoms with van der Waals surface area (Å²) in [4.78, 5) is 24.1. The Morgan fingerprint density at radius 3 is 2.33 bits per heavy atom. The third kappa shape index (κ3) is 9.27. The summed E-state index contributed by atoms with van der Waals surface area (Å²) >= 11 is 1.64. The van der Waals surface area contributed by atoms with E-state index < -0.39 is 24.4 Å². The van der Waals surface area contributed by atoms with E-state index in [0.29, 0.717) is 12.1 Å². The first-order chi connectivity index (χ1) is 17.1. The number of rotatable bonds is 13. The van der Waals surface area contributed by atoms with Crippen molar-refractivity contribution in [2.45, 2.75) is 56.3 Å². The van der Waals surface area contributed by atoms with Gasteiger partial charge in [-0.2, -0.15) is 13.2 Å². The van der Waals surface area contributed by atoms with Crippen LogP contribution in [0, 0.1) is 6.92 Å². The van der Waals surface area contributed by atoms with Crippen molar-refractivity contribution in [2.24, 2.45) is 0 Å². The molecular formula is C25H30F3NO6S. The van der Waals surface area contributed by atoms with Crippen molar-refractivity contribution in [1.82, 2.24) is 5.32 Å². The summed E-state index contributed by atoms with van der Waals surface area (Å²) in [7, 11) is 1.62. The fourth-order valence-electron chi connectivity index (χ4n) is 3.02. The molecule has 0 aromatic heterocycles. The van der Waals surface area contributed by atoms with Crippen LogP contribution in [0.3, 0.4) is 0 Å². The van der Waals surface area contributed by atoms with E-state index in [0.717, 1.165) is 29.2 Å². The Bertz CT molecular complexity index is 1000. The van der Waals surface area contributed by atoms with Crippen LogP contribution in [0.1, 0.15) is 31.4 Å². The summed E-state index contributed by atoms with van der Waals surface area (Å²) in [5.41, 5.74) is 1.69. The Labute approximate surface area is 212 Å². The average molecular weight is 530 g/mol. The van der Waals surface area contributed by atoms with E-state index in [-0.39, 0.29) is 17.6 Å². The quantitative estimate of drug-likeness (QED) is 0.220. The first-order valence-corrected chi connectivity index (χ1v) is 12.2. The number of halogens is 3. The van der Waals surface area contributed by atoms with Crippen LogP contribution in [0.5, 0.6) is 11.5 Å². The first kappa shape index (κ1) is 29.3. The van der Waals surface area contributed by atoms with E-state index in [2.05, 4.69) is 21.7 Å². The zero-order valence-electron chi connectivity index (χ0n) is 20.5. The number of nitrogens with one attached hydrogen (secondary N) is 1. The Morgan fingerprint density at radius 2 is 1.78 bits per heavy atom. The summed E-state index contributed by atoms with van der Waals surface area (Å²) in [6, 6.07) is 12.9. The molecule has 2 atom stereocenters. The smallest absolute Gasteiger partial charge is 0.491 e. The summed E-state index contributed by atoms with van der Waals surface area (Å²) < 4.78 is 57.2. The van der Waals surface area contributed by atoms with E-state index in [1.165, 1.54) is 13.0 Å². The van der Waals surface area contributed by atoms with E-state index >= 15 is 0 Å². The maximum atomic E-state index is 12.6. The standard InChI is InChI=1S/C25H30F3NO6S/c1-5-19(15-29-14-17-7-9-18(32-4)10-8-17)36-20-11-12-21(16(3)13-20)34-23(22(30)33-6-2)35-24(31)25(26,27)28/h7-13,19,23,29H,5-6,14-15H2,1-4H3. The third-order valence-electron chi connectivity index (χ3n) is 4.92. The second kappa shape index (κ2) is 14.0. The van der Waals surface area contributed by atoms with E-state index in [9.17, 15) is 22.8 Å². The summed E-state index contributed by atoms with van der Waals surface area (Å²) in [6.07, 6.45) is -6.56. The molecule has 0 spiro atoms. The van der Waals surface area contributed by atoms with Gasteiger partial charge in [0.15, 0.2) is 0 Å². The molecule has 0 saturated carbocycles. The van der Waals surface area contributed by atoms with Gasteiger partial charge in [0.25, 0.3) is 0 Å². The second-order valence-electron chi connectivity index (χ2n) is 7.66. The van der Waals surface area contributed by atoms with Crippen LogP contribution in [0.2, 0.25) is 0 Å². The molecule has 1 N–H and O–H groups in total. The lowest BCUT2D eigenvalue weighted by molar-refractivity contribution is -0.221. The SMILES string of the molecule is CCOC(=O)C(OC(=O)C(F)(F)F)Oc1ccc(SC(CC)CNCc2ccc(OC)cc2)cc1C. The Morgan fingerprint density at radius 1 is 1.08 bits per heavy atom. The van der Waals surface area contributed by atoms with Crippen LogP contribution in [0.25, 0.3) is 0 Å².